The number of methoxy groups -OCH3 is 1. The minimum absolute atomic E-state index is 0.497. The van der Waals surface area contributed by atoms with Gasteiger partial charge >= 0.3 is 0 Å². The van der Waals surface area contributed by atoms with Gasteiger partial charge in [-0.1, -0.05) is 19.0 Å². The van der Waals surface area contributed by atoms with Gasteiger partial charge in [-0.05, 0) is 50.9 Å². The first-order valence-corrected chi connectivity index (χ1v) is 8.04. The molecule has 120 valence electrons. The molecule has 0 unspecified atom stereocenters. The Morgan fingerprint density at radius 3 is 2.86 bits per heavy atom. The van der Waals surface area contributed by atoms with Crippen molar-refractivity contribution in [2.75, 3.05) is 33.3 Å². The van der Waals surface area contributed by atoms with Crippen LogP contribution in [0.4, 0.5) is 0 Å². The van der Waals surface area contributed by atoms with E-state index in [1.807, 2.05) is 6.07 Å². The molecule has 0 atom stereocenters. The molecule has 0 amide bonds. The van der Waals surface area contributed by atoms with E-state index >= 15 is 0 Å². The third kappa shape index (κ3) is 5.77. The summed E-state index contributed by atoms with van der Waals surface area (Å²) >= 11 is 0. The highest BCUT2D eigenvalue weighted by atomic mass is 16.5. The molecule has 2 heterocycles. The van der Waals surface area contributed by atoms with Gasteiger partial charge in [-0.2, -0.15) is 0 Å². The summed E-state index contributed by atoms with van der Waals surface area (Å²) in [6, 6.07) is 2.00. The molecule has 0 aliphatic carbocycles. The summed E-state index contributed by atoms with van der Waals surface area (Å²) < 4.78 is 10.3. The number of piperidine rings is 1. The maximum Gasteiger partial charge on any atom is 0.162 e. The molecule has 0 spiro atoms. The number of hydrogen-bond donors (Lipinski definition) is 1. The lowest BCUT2D eigenvalue weighted by Gasteiger charge is -2.31. The molecule has 1 N–H and O–H groups in total. The van der Waals surface area contributed by atoms with Gasteiger partial charge in [0.2, 0.25) is 0 Å². The van der Waals surface area contributed by atoms with Crippen LogP contribution in [0.1, 0.15) is 38.1 Å². The van der Waals surface area contributed by atoms with Gasteiger partial charge in [0.05, 0.1) is 5.69 Å². The normalized spacial score (nSPS) is 17.7. The van der Waals surface area contributed by atoms with Crippen molar-refractivity contribution in [3.63, 3.8) is 0 Å². The van der Waals surface area contributed by atoms with Crippen LogP contribution in [0, 0.1) is 11.8 Å². The van der Waals surface area contributed by atoms with E-state index in [9.17, 15) is 0 Å². The highest BCUT2D eigenvalue weighted by molar-refractivity contribution is 5.04. The minimum Gasteiger partial charge on any atom is -0.377 e. The van der Waals surface area contributed by atoms with Crippen LogP contribution < -0.4 is 5.32 Å². The van der Waals surface area contributed by atoms with Crippen LogP contribution in [0.25, 0.3) is 0 Å². The van der Waals surface area contributed by atoms with Crippen molar-refractivity contribution in [1.82, 2.24) is 15.4 Å². The Hall–Kier alpha value is -0.910. The Morgan fingerprint density at radius 2 is 2.19 bits per heavy atom. The molecule has 0 radical (unpaired) electrons. The molecule has 21 heavy (non-hydrogen) atoms. The van der Waals surface area contributed by atoms with E-state index in [1.165, 1.54) is 12.8 Å². The Balaban J connectivity index is 1.66. The summed E-state index contributed by atoms with van der Waals surface area (Å²) in [5, 5.41) is 7.68. The van der Waals surface area contributed by atoms with Crippen LogP contribution in [0.2, 0.25) is 0 Å². The lowest BCUT2D eigenvalue weighted by molar-refractivity contribution is 0.154. The van der Waals surface area contributed by atoms with Gasteiger partial charge in [-0.15, -0.1) is 0 Å². The smallest absolute Gasteiger partial charge is 0.162 e. The summed E-state index contributed by atoms with van der Waals surface area (Å²) in [5.74, 6) is 2.36. The molecule has 5 nitrogen and oxygen atoms in total. The number of aromatic nitrogens is 1. The minimum atomic E-state index is 0.497. The molecular formula is C16H29N3O2. The number of hydrogen-bond acceptors (Lipinski definition) is 5. The lowest BCUT2D eigenvalue weighted by Crippen LogP contribution is -2.37. The SMILES string of the molecule is COCc1cc(CN2CCC(CNCC(C)C)CC2)no1. The number of nitrogens with zero attached hydrogens (tertiary/aromatic N) is 2. The van der Waals surface area contributed by atoms with Crippen LogP contribution in [0.5, 0.6) is 0 Å². The van der Waals surface area contributed by atoms with E-state index < -0.39 is 0 Å². The lowest BCUT2D eigenvalue weighted by atomic mass is 9.96. The average Bonchev–Trinajstić information content (AvgIpc) is 2.88. The Morgan fingerprint density at radius 1 is 1.43 bits per heavy atom. The van der Waals surface area contributed by atoms with Crippen molar-refractivity contribution in [1.29, 1.82) is 0 Å². The summed E-state index contributed by atoms with van der Waals surface area (Å²) in [5.41, 5.74) is 1.01. The van der Waals surface area contributed by atoms with Crippen LogP contribution >= 0.6 is 0 Å². The molecular weight excluding hydrogens is 266 g/mol. The van der Waals surface area contributed by atoms with Gasteiger partial charge in [0.1, 0.15) is 6.61 Å². The second-order valence-corrected chi connectivity index (χ2v) is 6.49. The zero-order valence-corrected chi connectivity index (χ0v) is 13.6. The highest BCUT2D eigenvalue weighted by Crippen LogP contribution is 2.18. The quantitative estimate of drug-likeness (QED) is 0.797. The first-order chi connectivity index (χ1) is 10.2. The Bertz CT molecular complexity index is 398. The fourth-order valence-electron chi connectivity index (χ4n) is 2.79. The fourth-order valence-corrected chi connectivity index (χ4v) is 2.79. The summed E-state index contributed by atoms with van der Waals surface area (Å²) in [6.45, 7) is 10.5. The van der Waals surface area contributed by atoms with Crippen molar-refractivity contribution in [2.24, 2.45) is 11.8 Å². The van der Waals surface area contributed by atoms with Gasteiger partial charge in [-0.25, -0.2) is 0 Å². The van der Waals surface area contributed by atoms with Crippen LogP contribution in [0.3, 0.4) is 0 Å². The van der Waals surface area contributed by atoms with E-state index in [4.69, 9.17) is 9.26 Å². The molecule has 0 aromatic carbocycles. The maximum absolute atomic E-state index is 5.23. The van der Waals surface area contributed by atoms with Gasteiger partial charge in [-0.3, -0.25) is 4.90 Å². The first kappa shape index (κ1) is 16.5. The van der Waals surface area contributed by atoms with Gasteiger partial charge in [0, 0.05) is 19.7 Å². The van der Waals surface area contributed by atoms with E-state index in [2.05, 4.69) is 29.2 Å². The number of ether oxygens (including phenoxy) is 1. The number of nitrogens with one attached hydrogen (secondary N) is 1. The second kappa shape index (κ2) is 8.51. The second-order valence-electron chi connectivity index (χ2n) is 6.49. The molecule has 1 aromatic rings. The fraction of sp³-hybridized carbons (Fsp3) is 0.812. The standard InChI is InChI=1S/C16H29N3O2/c1-13(2)9-17-10-14-4-6-19(7-5-14)11-15-8-16(12-20-3)21-18-15/h8,13-14,17H,4-7,9-12H2,1-3H3. The Kier molecular flexibility index (Phi) is 6.67. The summed E-state index contributed by atoms with van der Waals surface area (Å²) in [4.78, 5) is 2.47. The molecule has 0 saturated carbocycles. The van der Waals surface area contributed by atoms with E-state index in [1.54, 1.807) is 7.11 Å². The molecule has 5 heteroatoms. The van der Waals surface area contributed by atoms with Gasteiger partial charge < -0.3 is 14.6 Å². The Labute approximate surface area is 128 Å². The maximum atomic E-state index is 5.23. The molecule has 1 aromatic heterocycles. The van der Waals surface area contributed by atoms with Crippen molar-refractivity contribution in [3.8, 4) is 0 Å². The summed E-state index contributed by atoms with van der Waals surface area (Å²) in [7, 11) is 1.67. The van der Waals surface area contributed by atoms with Gasteiger partial charge in [0.15, 0.2) is 5.76 Å². The van der Waals surface area contributed by atoms with Crippen LogP contribution in [0.15, 0.2) is 10.6 Å². The van der Waals surface area contributed by atoms with Crippen molar-refractivity contribution >= 4 is 0 Å². The van der Waals surface area contributed by atoms with Crippen molar-refractivity contribution < 1.29 is 9.26 Å². The third-order valence-corrected chi connectivity index (χ3v) is 3.97. The monoisotopic (exact) mass is 295 g/mol. The van der Waals surface area contributed by atoms with Crippen LogP contribution in [-0.4, -0.2) is 43.3 Å². The molecule has 1 saturated heterocycles. The zero-order valence-electron chi connectivity index (χ0n) is 13.6. The van der Waals surface area contributed by atoms with E-state index in [0.717, 1.165) is 56.0 Å². The summed E-state index contributed by atoms with van der Waals surface area (Å²) in [6.07, 6.45) is 2.54. The molecule has 1 aliphatic heterocycles. The van der Waals surface area contributed by atoms with E-state index in [0.29, 0.717) is 6.61 Å². The van der Waals surface area contributed by atoms with Crippen molar-refractivity contribution in [3.05, 3.63) is 17.5 Å². The largest absolute Gasteiger partial charge is 0.377 e. The molecule has 1 aliphatic rings. The zero-order chi connectivity index (χ0) is 15.1. The average molecular weight is 295 g/mol. The van der Waals surface area contributed by atoms with E-state index in [-0.39, 0.29) is 0 Å². The van der Waals surface area contributed by atoms with Gasteiger partial charge in [0.25, 0.3) is 0 Å². The van der Waals surface area contributed by atoms with Crippen molar-refractivity contribution in [2.45, 2.75) is 39.8 Å². The molecule has 0 bridgehead atoms. The third-order valence-electron chi connectivity index (χ3n) is 3.97. The predicted molar refractivity (Wildman–Crippen MR) is 82.9 cm³/mol. The van der Waals surface area contributed by atoms with Crippen LogP contribution in [-0.2, 0) is 17.9 Å². The molecule has 2 rings (SSSR count). The highest BCUT2D eigenvalue weighted by Gasteiger charge is 2.20. The number of rotatable bonds is 8. The number of likely N-dealkylation sites (tertiary alicyclic amines) is 1. The topological polar surface area (TPSA) is 50.5 Å². The predicted octanol–water partition coefficient (Wildman–Crippen LogP) is 2.28. The first-order valence-electron chi connectivity index (χ1n) is 8.04. The molecule has 1 fully saturated rings.